The SMILES string of the molecule is O.O.O.O.Oc1ccccc1-c1ccccc1.[H-].[Na+]. The molecule has 0 spiro atoms. The van der Waals surface area contributed by atoms with Gasteiger partial charge in [0.15, 0.2) is 0 Å². The molecular formula is C12H19NaO5. The van der Waals surface area contributed by atoms with Crippen LogP contribution >= 0.6 is 0 Å². The van der Waals surface area contributed by atoms with Crippen LogP contribution in [-0.4, -0.2) is 27.0 Å². The van der Waals surface area contributed by atoms with Crippen LogP contribution in [-0.2, 0) is 0 Å². The van der Waals surface area contributed by atoms with Crippen molar-refractivity contribution in [1.82, 2.24) is 0 Å². The van der Waals surface area contributed by atoms with Gasteiger partial charge in [0, 0.05) is 5.56 Å². The summed E-state index contributed by atoms with van der Waals surface area (Å²) in [7, 11) is 0. The Bertz CT molecular complexity index is 414. The molecule has 0 aliphatic heterocycles. The summed E-state index contributed by atoms with van der Waals surface area (Å²) in [5.41, 5.74) is 1.92. The van der Waals surface area contributed by atoms with E-state index in [4.69, 9.17) is 0 Å². The van der Waals surface area contributed by atoms with Gasteiger partial charge in [0.25, 0.3) is 0 Å². The van der Waals surface area contributed by atoms with Crippen LogP contribution in [0.1, 0.15) is 1.43 Å². The zero-order chi connectivity index (χ0) is 9.10. The van der Waals surface area contributed by atoms with Crippen molar-refractivity contribution in [2.45, 2.75) is 0 Å². The number of para-hydroxylation sites is 1. The van der Waals surface area contributed by atoms with Crippen LogP contribution in [0.4, 0.5) is 0 Å². The molecule has 0 aromatic heterocycles. The van der Waals surface area contributed by atoms with Crippen molar-refractivity contribution in [3.05, 3.63) is 54.6 Å². The van der Waals surface area contributed by atoms with Crippen LogP contribution < -0.4 is 29.6 Å². The monoisotopic (exact) mass is 266 g/mol. The molecular weight excluding hydrogens is 247 g/mol. The normalized spacial score (nSPS) is 7.11. The molecule has 0 unspecified atom stereocenters. The molecule has 0 atom stereocenters. The Kier molecular flexibility index (Phi) is 18.0. The Morgan fingerprint density at radius 3 is 1.61 bits per heavy atom. The molecule has 2 aromatic carbocycles. The molecule has 0 saturated heterocycles. The zero-order valence-corrected chi connectivity index (χ0v) is 12.1. The van der Waals surface area contributed by atoms with Crippen molar-refractivity contribution in [2.75, 3.05) is 0 Å². The van der Waals surface area contributed by atoms with E-state index in [9.17, 15) is 5.11 Å². The molecule has 0 heterocycles. The van der Waals surface area contributed by atoms with Crippen LogP contribution in [0.5, 0.6) is 5.75 Å². The fraction of sp³-hybridized carbons (Fsp3) is 0. The minimum absolute atomic E-state index is 0. The second-order valence-corrected chi connectivity index (χ2v) is 2.88. The van der Waals surface area contributed by atoms with E-state index in [2.05, 4.69) is 0 Å². The molecule has 2 aromatic rings. The second-order valence-electron chi connectivity index (χ2n) is 2.88. The predicted molar refractivity (Wildman–Crippen MR) is 69.1 cm³/mol. The van der Waals surface area contributed by atoms with E-state index in [1.54, 1.807) is 6.07 Å². The number of hydrogen-bond donors (Lipinski definition) is 1. The third-order valence-electron chi connectivity index (χ3n) is 1.99. The van der Waals surface area contributed by atoms with E-state index in [1.807, 2.05) is 48.5 Å². The Labute approximate surface area is 129 Å². The molecule has 0 aliphatic rings. The standard InChI is InChI=1S/C12H10O.Na.4H2O.H/c13-12-9-5-4-8-11(12)10-6-2-1-3-7-10;;;;;;/h1-9,13H;;4*1H2;/q;+1;;;;;-1. The molecule has 6 heteroatoms. The second kappa shape index (κ2) is 12.5. The molecule has 0 amide bonds. The average Bonchev–Trinajstić information content (AvgIpc) is 2.20. The number of aromatic hydroxyl groups is 1. The molecule has 5 nitrogen and oxygen atoms in total. The van der Waals surface area contributed by atoms with Crippen molar-refractivity contribution in [3.8, 4) is 16.9 Å². The van der Waals surface area contributed by atoms with Crippen molar-refractivity contribution >= 4 is 0 Å². The van der Waals surface area contributed by atoms with Gasteiger partial charge in [-0.3, -0.25) is 0 Å². The maximum atomic E-state index is 9.56. The summed E-state index contributed by atoms with van der Waals surface area (Å²) >= 11 is 0. The topological polar surface area (TPSA) is 146 Å². The van der Waals surface area contributed by atoms with Gasteiger partial charge in [-0.2, -0.15) is 0 Å². The van der Waals surface area contributed by atoms with Crippen LogP contribution in [0, 0.1) is 0 Å². The molecule has 2 rings (SSSR count). The summed E-state index contributed by atoms with van der Waals surface area (Å²) in [6.45, 7) is 0. The van der Waals surface area contributed by atoms with Gasteiger partial charge in [-0.25, -0.2) is 0 Å². The third-order valence-corrected chi connectivity index (χ3v) is 1.99. The fourth-order valence-electron chi connectivity index (χ4n) is 1.34. The fourth-order valence-corrected chi connectivity index (χ4v) is 1.34. The van der Waals surface area contributed by atoms with Gasteiger partial charge in [0.2, 0.25) is 0 Å². The van der Waals surface area contributed by atoms with Gasteiger partial charge in [0.05, 0.1) is 0 Å². The Morgan fingerprint density at radius 2 is 1.11 bits per heavy atom. The van der Waals surface area contributed by atoms with Crippen LogP contribution in [0.3, 0.4) is 0 Å². The van der Waals surface area contributed by atoms with E-state index in [0.717, 1.165) is 11.1 Å². The van der Waals surface area contributed by atoms with Gasteiger partial charge in [-0.05, 0) is 11.6 Å². The number of phenolic OH excluding ortho intramolecular Hbond substituents is 1. The van der Waals surface area contributed by atoms with E-state index < -0.39 is 0 Å². The number of benzene rings is 2. The van der Waals surface area contributed by atoms with Crippen molar-refractivity contribution < 1.29 is 58.0 Å². The summed E-state index contributed by atoms with van der Waals surface area (Å²) in [5, 5.41) is 9.56. The summed E-state index contributed by atoms with van der Waals surface area (Å²) in [5.74, 6) is 0.328. The summed E-state index contributed by atoms with van der Waals surface area (Å²) in [6, 6.07) is 17.2. The number of phenols is 1. The predicted octanol–water partition coefficient (Wildman–Crippen LogP) is -3.12. The van der Waals surface area contributed by atoms with Crippen LogP contribution in [0.2, 0.25) is 0 Å². The zero-order valence-electron chi connectivity index (χ0n) is 11.1. The largest absolute Gasteiger partial charge is 1.00 e. The van der Waals surface area contributed by atoms with Gasteiger partial charge in [-0.15, -0.1) is 0 Å². The van der Waals surface area contributed by atoms with Gasteiger partial charge >= 0.3 is 29.6 Å². The molecule has 18 heavy (non-hydrogen) atoms. The van der Waals surface area contributed by atoms with Crippen LogP contribution in [0.15, 0.2) is 54.6 Å². The van der Waals surface area contributed by atoms with E-state index in [0.29, 0.717) is 5.75 Å². The van der Waals surface area contributed by atoms with E-state index in [-0.39, 0.29) is 52.9 Å². The smallest absolute Gasteiger partial charge is 1.00 e. The van der Waals surface area contributed by atoms with Gasteiger partial charge in [0.1, 0.15) is 5.75 Å². The molecule has 9 N–H and O–H groups in total. The quantitative estimate of drug-likeness (QED) is 0.534. The molecule has 98 valence electrons. The van der Waals surface area contributed by atoms with Gasteiger partial charge in [-0.1, -0.05) is 48.5 Å². The maximum Gasteiger partial charge on any atom is 1.00 e. The third kappa shape index (κ3) is 6.13. The number of hydrogen-bond acceptors (Lipinski definition) is 1. The first-order chi connectivity index (χ1) is 6.38. The van der Waals surface area contributed by atoms with Crippen LogP contribution in [0.25, 0.3) is 11.1 Å². The van der Waals surface area contributed by atoms with Gasteiger partial charge < -0.3 is 28.4 Å². The van der Waals surface area contributed by atoms with Crippen molar-refractivity contribution in [1.29, 1.82) is 0 Å². The summed E-state index contributed by atoms with van der Waals surface area (Å²) < 4.78 is 0. The summed E-state index contributed by atoms with van der Waals surface area (Å²) in [6.07, 6.45) is 0. The first-order valence-electron chi connectivity index (χ1n) is 4.21. The minimum Gasteiger partial charge on any atom is -1.00 e. The molecule has 0 radical (unpaired) electrons. The molecule has 0 bridgehead atoms. The molecule has 0 fully saturated rings. The Morgan fingerprint density at radius 1 is 0.667 bits per heavy atom. The number of rotatable bonds is 1. The Balaban J connectivity index is -0.000000109. The molecule has 0 aliphatic carbocycles. The van der Waals surface area contributed by atoms with Crippen molar-refractivity contribution in [3.63, 3.8) is 0 Å². The minimum atomic E-state index is 0. The molecule has 0 saturated carbocycles. The average molecular weight is 266 g/mol. The van der Waals surface area contributed by atoms with Crippen molar-refractivity contribution in [2.24, 2.45) is 0 Å². The first kappa shape index (κ1) is 25.8. The van der Waals surface area contributed by atoms with E-state index >= 15 is 0 Å². The maximum absolute atomic E-state index is 9.56. The Hall–Kier alpha value is -0.920. The first-order valence-corrected chi connectivity index (χ1v) is 4.21. The van der Waals surface area contributed by atoms with E-state index in [1.165, 1.54) is 0 Å². The summed E-state index contributed by atoms with van der Waals surface area (Å²) in [4.78, 5) is 0.